The fraction of sp³-hybridized carbons (Fsp3) is 0.484. The second kappa shape index (κ2) is 11.0. The van der Waals surface area contributed by atoms with E-state index in [-0.39, 0.29) is 42.1 Å². The Morgan fingerprint density at radius 3 is 2.52 bits per heavy atom. The van der Waals surface area contributed by atoms with Crippen molar-refractivity contribution in [1.29, 1.82) is 0 Å². The summed E-state index contributed by atoms with van der Waals surface area (Å²) >= 11 is 1.37. The zero-order valence-electron chi connectivity index (χ0n) is 22.9. The number of amides is 1. The molecule has 6 rings (SSSR count). The van der Waals surface area contributed by atoms with Crippen molar-refractivity contribution in [3.8, 4) is 10.8 Å². The van der Waals surface area contributed by atoms with Crippen LogP contribution in [0.4, 0.5) is 5.00 Å². The van der Waals surface area contributed by atoms with Crippen molar-refractivity contribution in [2.45, 2.75) is 64.6 Å². The van der Waals surface area contributed by atoms with Gasteiger partial charge in [0.2, 0.25) is 11.8 Å². The topological polar surface area (TPSA) is 98.9 Å². The quantitative estimate of drug-likeness (QED) is 0.329. The Hall–Kier alpha value is -3.14. The molecule has 2 fully saturated rings. The predicted molar refractivity (Wildman–Crippen MR) is 150 cm³/mol. The van der Waals surface area contributed by atoms with Crippen molar-refractivity contribution < 1.29 is 28.3 Å². The molecule has 1 saturated carbocycles. The van der Waals surface area contributed by atoms with E-state index in [4.69, 9.17) is 13.9 Å². The highest BCUT2D eigenvalue weighted by Crippen LogP contribution is 2.53. The Morgan fingerprint density at radius 2 is 1.88 bits per heavy atom. The van der Waals surface area contributed by atoms with Crippen LogP contribution in [0.15, 0.2) is 47.2 Å². The highest BCUT2D eigenvalue weighted by atomic mass is 32.1. The van der Waals surface area contributed by atoms with Crippen molar-refractivity contribution in [2.75, 3.05) is 24.7 Å². The summed E-state index contributed by atoms with van der Waals surface area (Å²) in [5, 5.41) is 0.622. The van der Waals surface area contributed by atoms with Crippen molar-refractivity contribution in [1.82, 2.24) is 4.98 Å². The molecule has 1 atom stereocenters. The number of ketones is 2. The number of ether oxygens (including phenoxy) is 2. The Kier molecular flexibility index (Phi) is 7.46. The van der Waals surface area contributed by atoms with E-state index in [2.05, 4.69) is 4.98 Å². The Balaban J connectivity index is 1.42. The van der Waals surface area contributed by atoms with E-state index in [9.17, 15) is 14.4 Å². The van der Waals surface area contributed by atoms with Gasteiger partial charge in [0.1, 0.15) is 28.6 Å². The third-order valence-corrected chi connectivity index (χ3v) is 10.1. The molecule has 1 unspecified atom stereocenters. The van der Waals surface area contributed by atoms with Gasteiger partial charge in [-0.3, -0.25) is 19.3 Å². The van der Waals surface area contributed by atoms with Gasteiger partial charge in [0.25, 0.3) is 0 Å². The molecule has 2 aromatic heterocycles. The molecule has 1 aromatic carbocycles. The summed E-state index contributed by atoms with van der Waals surface area (Å²) in [6, 6.07) is 9.96. The summed E-state index contributed by atoms with van der Waals surface area (Å²) in [4.78, 5) is 47.8. The van der Waals surface area contributed by atoms with Crippen LogP contribution in [-0.4, -0.2) is 48.3 Å². The second-order valence-electron chi connectivity index (χ2n) is 11.1. The third-order valence-electron chi connectivity index (χ3n) is 8.78. The van der Waals surface area contributed by atoms with Crippen LogP contribution in [0.2, 0.25) is 0 Å². The zero-order chi connectivity index (χ0) is 27.9. The number of nitrogens with zero attached hydrogens (tertiary/aromatic N) is 2. The number of hydrogen-bond acceptors (Lipinski definition) is 8. The number of benzene rings is 1. The molecule has 1 aliphatic carbocycles. The lowest BCUT2D eigenvalue weighted by molar-refractivity contribution is -0.131. The van der Waals surface area contributed by atoms with Crippen molar-refractivity contribution in [3.05, 3.63) is 59.5 Å². The largest absolute Gasteiger partial charge is 0.444 e. The SMILES string of the molecule is CC(=O)C1CCC2(CC1)C(=O)c1c(sc(-c3ncco3)c1C)N(CC(OC1CCOCC1)c1ccccc1)C2=O. The van der Waals surface area contributed by atoms with Crippen molar-refractivity contribution in [3.63, 3.8) is 0 Å². The number of rotatable bonds is 7. The van der Waals surface area contributed by atoms with E-state index >= 15 is 0 Å². The fourth-order valence-electron chi connectivity index (χ4n) is 6.41. The van der Waals surface area contributed by atoms with Crippen LogP contribution in [0.5, 0.6) is 0 Å². The molecule has 3 aliphatic rings. The predicted octanol–water partition coefficient (Wildman–Crippen LogP) is 5.94. The van der Waals surface area contributed by atoms with Crippen LogP contribution >= 0.6 is 11.3 Å². The minimum Gasteiger partial charge on any atom is -0.444 e. The van der Waals surface area contributed by atoms with Crippen LogP contribution < -0.4 is 4.90 Å². The first-order valence-corrected chi connectivity index (χ1v) is 14.9. The van der Waals surface area contributed by atoms with Gasteiger partial charge in [0.15, 0.2) is 5.78 Å². The molecule has 3 aromatic rings. The molecular formula is C31H34N2O6S. The van der Waals surface area contributed by atoms with Crippen LogP contribution in [0, 0.1) is 18.3 Å². The summed E-state index contributed by atoms with van der Waals surface area (Å²) in [5.41, 5.74) is 1.14. The van der Waals surface area contributed by atoms with Gasteiger partial charge in [-0.1, -0.05) is 30.3 Å². The molecule has 9 heteroatoms. The Bertz CT molecular complexity index is 1380. The summed E-state index contributed by atoms with van der Waals surface area (Å²) in [6.45, 7) is 5.09. The molecule has 2 aliphatic heterocycles. The standard InChI is InChI=1S/C31H34N2O6S/c1-19-25-27(35)31(12-8-21(9-13-31)20(2)34)30(36)33(29(25)40-26(19)28-32-14-17-38-28)18-24(22-6-4-3-5-7-22)39-23-10-15-37-16-11-23/h3-7,14,17,21,23-24H,8-13,15-16,18H2,1-2H3. The van der Waals surface area contributed by atoms with Crippen LogP contribution in [0.25, 0.3) is 10.8 Å². The molecule has 40 heavy (non-hydrogen) atoms. The normalized spacial score (nSPS) is 24.4. The first-order valence-electron chi connectivity index (χ1n) is 14.1. The smallest absolute Gasteiger partial charge is 0.241 e. The highest BCUT2D eigenvalue weighted by molar-refractivity contribution is 7.20. The summed E-state index contributed by atoms with van der Waals surface area (Å²) in [6.07, 6.45) is 6.12. The average molecular weight is 563 g/mol. The maximum atomic E-state index is 14.5. The van der Waals surface area contributed by atoms with Crippen molar-refractivity contribution in [2.24, 2.45) is 11.3 Å². The molecule has 210 valence electrons. The number of carbonyl (C=O) groups excluding carboxylic acids is 3. The molecule has 8 nitrogen and oxygen atoms in total. The van der Waals surface area contributed by atoms with Gasteiger partial charge in [-0.05, 0) is 63.5 Å². The van der Waals surface area contributed by atoms with E-state index in [0.29, 0.717) is 55.4 Å². The molecule has 1 spiro atoms. The fourth-order valence-corrected chi connectivity index (χ4v) is 7.66. The number of fused-ring (bicyclic) bond motifs is 1. The van der Waals surface area contributed by atoms with Gasteiger partial charge in [-0.2, -0.15) is 0 Å². The maximum Gasteiger partial charge on any atom is 0.241 e. The van der Waals surface area contributed by atoms with Gasteiger partial charge >= 0.3 is 0 Å². The number of aromatic nitrogens is 1. The molecule has 1 saturated heterocycles. The summed E-state index contributed by atoms with van der Waals surface area (Å²) < 4.78 is 17.8. The monoisotopic (exact) mass is 562 g/mol. The third kappa shape index (κ3) is 4.74. The molecule has 4 heterocycles. The van der Waals surface area contributed by atoms with E-state index in [1.807, 2.05) is 37.3 Å². The van der Waals surface area contributed by atoms with Gasteiger partial charge in [-0.25, -0.2) is 4.98 Å². The lowest BCUT2D eigenvalue weighted by Gasteiger charge is -2.44. The number of oxazole rings is 1. The average Bonchev–Trinajstić information content (AvgIpc) is 3.63. The van der Waals surface area contributed by atoms with Gasteiger partial charge < -0.3 is 13.9 Å². The number of carbonyl (C=O) groups is 3. The van der Waals surface area contributed by atoms with Crippen LogP contribution in [0.1, 0.15) is 73.0 Å². The van der Waals surface area contributed by atoms with Crippen LogP contribution in [-0.2, 0) is 19.1 Å². The van der Waals surface area contributed by atoms with Crippen LogP contribution in [0.3, 0.4) is 0 Å². The van der Waals surface area contributed by atoms with Gasteiger partial charge in [-0.15, -0.1) is 11.3 Å². The Morgan fingerprint density at radius 1 is 1.15 bits per heavy atom. The van der Waals surface area contributed by atoms with E-state index < -0.39 is 5.41 Å². The first-order chi connectivity index (χ1) is 19.4. The lowest BCUT2D eigenvalue weighted by atomic mass is 9.64. The molecular weight excluding hydrogens is 528 g/mol. The first kappa shape index (κ1) is 27.1. The van der Waals surface area contributed by atoms with Gasteiger partial charge in [0.05, 0.1) is 29.3 Å². The summed E-state index contributed by atoms with van der Waals surface area (Å²) in [5.74, 6) is 0.114. The van der Waals surface area contributed by atoms with Crippen molar-refractivity contribution >= 4 is 33.8 Å². The maximum absolute atomic E-state index is 14.5. The summed E-state index contributed by atoms with van der Waals surface area (Å²) in [7, 11) is 0. The number of hydrogen-bond donors (Lipinski definition) is 0. The molecule has 0 bridgehead atoms. The number of anilines is 1. The van der Waals surface area contributed by atoms with E-state index in [1.54, 1.807) is 18.0 Å². The molecule has 1 amide bonds. The highest BCUT2D eigenvalue weighted by Gasteiger charge is 2.56. The number of Topliss-reactive ketones (excluding diaryl/α,β-unsaturated/α-hetero) is 2. The Labute approximate surface area is 237 Å². The van der Waals surface area contributed by atoms with E-state index in [1.165, 1.54) is 17.6 Å². The number of thiophene rings is 1. The lowest BCUT2D eigenvalue weighted by Crippen LogP contribution is -2.55. The molecule has 0 radical (unpaired) electrons. The van der Waals surface area contributed by atoms with Gasteiger partial charge in [0, 0.05) is 19.1 Å². The minimum atomic E-state index is -1.18. The molecule has 0 N–H and O–H groups in total. The zero-order valence-corrected chi connectivity index (χ0v) is 23.7. The van der Waals surface area contributed by atoms with E-state index in [0.717, 1.165) is 28.8 Å². The minimum absolute atomic E-state index is 0.0212. The second-order valence-corrected chi connectivity index (χ2v) is 12.1.